The van der Waals surface area contributed by atoms with Gasteiger partial charge in [0.1, 0.15) is 12.0 Å². The molecule has 0 bridgehead atoms. The predicted molar refractivity (Wildman–Crippen MR) is 90.7 cm³/mol. The zero-order chi connectivity index (χ0) is 18.6. The maximum atomic E-state index is 12.6. The summed E-state index contributed by atoms with van der Waals surface area (Å²) in [5.41, 5.74) is 0.226. The van der Waals surface area contributed by atoms with Crippen LogP contribution in [0.2, 0.25) is 0 Å². The number of amides is 1. The summed E-state index contributed by atoms with van der Waals surface area (Å²) < 4.78 is 27.1. The summed E-state index contributed by atoms with van der Waals surface area (Å²) in [4.78, 5) is 18.5. The molecule has 0 spiro atoms. The Hall–Kier alpha value is -2.78. The Bertz CT molecular complexity index is 805. The first-order valence-corrected chi connectivity index (χ1v) is 8.71. The van der Waals surface area contributed by atoms with Gasteiger partial charge >= 0.3 is 0 Å². The molecule has 2 aliphatic heterocycles. The first-order valence-electron chi connectivity index (χ1n) is 8.71. The largest absolute Gasteiger partial charge is 0.484 e. The number of hydrogen-bond acceptors (Lipinski definition) is 8. The molecule has 4 rings (SSSR count). The van der Waals surface area contributed by atoms with Crippen LogP contribution < -0.4 is 14.2 Å². The van der Waals surface area contributed by atoms with Crippen LogP contribution in [0.5, 0.6) is 17.2 Å². The summed E-state index contributed by atoms with van der Waals surface area (Å²) in [6.45, 7) is 1.66. The molecule has 1 atom stereocenters. The molecule has 1 amide bonds. The fourth-order valence-electron chi connectivity index (χ4n) is 2.97. The van der Waals surface area contributed by atoms with Crippen molar-refractivity contribution >= 4 is 5.91 Å². The highest BCUT2D eigenvalue weighted by Gasteiger charge is 2.26. The first-order chi connectivity index (χ1) is 13.2. The molecule has 27 heavy (non-hydrogen) atoms. The number of nitrogens with zero attached hydrogens (tertiary/aromatic N) is 2. The van der Waals surface area contributed by atoms with Crippen LogP contribution in [0.4, 0.5) is 0 Å². The SMILES string of the molecule is O=C(c1coc(COc2ccc3c(c2)OCO3)n1)N1CCOC(CCO)C1. The highest BCUT2D eigenvalue weighted by Crippen LogP contribution is 2.35. The van der Waals surface area contributed by atoms with E-state index in [0.717, 1.165) is 0 Å². The lowest BCUT2D eigenvalue weighted by molar-refractivity contribution is -0.0308. The lowest BCUT2D eigenvalue weighted by atomic mass is 10.2. The number of aliphatic hydroxyl groups is 1. The van der Waals surface area contributed by atoms with Crippen molar-refractivity contribution in [3.8, 4) is 17.2 Å². The van der Waals surface area contributed by atoms with E-state index in [1.165, 1.54) is 6.26 Å². The smallest absolute Gasteiger partial charge is 0.275 e. The highest BCUT2D eigenvalue weighted by molar-refractivity contribution is 5.92. The second-order valence-corrected chi connectivity index (χ2v) is 6.19. The number of hydrogen-bond donors (Lipinski definition) is 1. The van der Waals surface area contributed by atoms with Crippen molar-refractivity contribution in [3.63, 3.8) is 0 Å². The van der Waals surface area contributed by atoms with Crippen molar-refractivity contribution in [2.45, 2.75) is 19.1 Å². The molecule has 2 aromatic rings. The van der Waals surface area contributed by atoms with Gasteiger partial charge in [-0.05, 0) is 18.6 Å². The quantitative estimate of drug-likeness (QED) is 0.802. The van der Waals surface area contributed by atoms with Gasteiger partial charge in [-0.1, -0.05) is 0 Å². The Morgan fingerprint density at radius 2 is 2.22 bits per heavy atom. The molecular weight excluding hydrogens is 356 g/mol. The molecule has 144 valence electrons. The standard InChI is InChI=1S/C18H20N2O7/c21-5-3-13-8-20(4-6-23-13)18(22)14-9-25-17(19-14)10-24-12-1-2-15-16(7-12)27-11-26-15/h1-2,7,9,13,21H,3-6,8,10-11H2. The van der Waals surface area contributed by atoms with Crippen molar-refractivity contribution < 1.29 is 33.3 Å². The van der Waals surface area contributed by atoms with Crippen molar-refractivity contribution in [2.24, 2.45) is 0 Å². The van der Waals surface area contributed by atoms with Crippen molar-refractivity contribution in [1.82, 2.24) is 9.88 Å². The molecule has 0 aliphatic carbocycles. The Morgan fingerprint density at radius 3 is 3.11 bits per heavy atom. The number of oxazole rings is 1. The van der Waals surface area contributed by atoms with Crippen LogP contribution in [0.1, 0.15) is 22.8 Å². The molecule has 1 fully saturated rings. The third-order valence-electron chi connectivity index (χ3n) is 4.35. The number of carbonyl (C=O) groups excluding carboxylic acids is 1. The average Bonchev–Trinajstić information content (AvgIpc) is 3.35. The third-order valence-corrected chi connectivity index (χ3v) is 4.35. The molecule has 9 nitrogen and oxygen atoms in total. The second-order valence-electron chi connectivity index (χ2n) is 6.19. The molecule has 9 heteroatoms. The summed E-state index contributed by atoms with van der Waals surface area (Å²) in [6, 6.07) is 5.26. The minimum absolute atomic E-state index is 0.0258. The predicted octanol–water partition coefficient (Wildman–Crippen LogP) is 1.21. The average molecular weight is 376 g/mol. The lowest BCUT2D eigenvalue weighted by Gasteiger charge is -2.32. The van der Waals surface area contributed by atoms with Crippen LogP contribution in [-0.2, 0) is 11.3 Å². The first kappa shape index (κ1) is 17.6. The maximum absolute atomic E-state index is 12.6. The molecular formula is C18H20N2O7. The van der Waals surface area contributed by atoms with Gasteiger partial charge in [-0.2, -0.15) is 0 Å². The van der Waals surface area contributed by atoms with Gasteiger partial charge in [-0.15, -0.1) is 0 Å². The Labute approximate surface area is 155 Å². The lowest BCUT2D eigenvalue weighted by Crippen LogP contribution is -2.46. The maximum Gasteiger partial charge on any atom is 0.275 e. The number of aliphatic hydroxyl groups excluding tert-OH is 1. The number of benzene rings is 1. The van der Waals surface area contributed by atoms with E-state index in [4.69, 9.17) is 28.5 Å². The number of aromatic nitrogens is 1. The minimum Gasteiger partial charge on any atom is -0.484 e. The van der Waals surface area contributed by atoms with E-state index in [1.807, 2.05) is 0 Å². The zero-order valence-corrected chi connectivity index (χ0v) is 14.6. The van der Waals surface area contributed by atoms with Crippen LogP contribution in [-0.4, -0.2) is 60.1 Å². The molecule has 0 saturated carbocycles. The van der Waals surface area contributed by atoms with Crippen LogP contribution in [0.25, 0.3) is 0 Å². The number of morpholine rings is 1. The van der Waals surface area contributed by atoms with Crippen LogP contribution in [0, 0.1) is 0 Å². The van der Waals surface area contributed by atoms with Gasteiger partial charge in [-0.25, -0.2) is 4.98 Å². The van der Waals surface area contributed by atoms with Crippen molar-refractivity contribution in [2.75, 3.05) is 33.1 Å². The minimum atomic E-state index is -0.223. The monoisotopic (exact) mass is 376 g/mol. The number of rotatable bonds is 6. The summed E-state index contributed by atoms with van der Waals surface area (Å²) in [5, 5.41) is 9.03. The fourth-order valence-corrected chi connectivity index (χ4v) is 2.97. The van der Waals surface area contributed by atoms with E-state index in [9.17, 15) is 4.79 Å². The van der Waals surface area contributed by atoms with Gasteiger partial charge in [0, 0.05) is 25.8 Å². The molecule has 3 heterocycles. The van der Waals surface area contributed by atoms with Gasteiger partial charge in [0.15, 0.2) is 23.8 Å². The highest BCUT2D eigenvalue weighted by atomic mass is 16.7. The van der Waals surface area contributed by atoms with Gasteiger partial charge in [-0.3, -0.25) is 4.79 Å². The molecule has 1 N–H and O–H groups in total. The normalized spacial score (nSPS) is 18.6. The summed E-state index contributed by atoms with van der Waals surface area (Å²) >= 11 is 0. The van der Waals surface area contributed by atoms with Crippen LogP contribution in [0.3, 0.4) is 0 Å². The van der Waals surface area contributed by atoms with Crippen molar-refractivity contribution in [1.29, 1.82) is 0 Å². The number of carbonyl (C=O) groups is 1. The zero-order valence-electron chi connectivity index (χ0n) is 14.6. The third kappa shape index (κ3) is 3.99. The fraction of sp³-hybridized carbons (Fsp3) is 0.444. The van der Waals surface area contributed by atoms with Crippen molar-refractivity contribution in [3.05, 3.63) is 36.0 Å². The summed E-state index contributed by atoms with van der Waals surface area (Å²) in [6.07, 6.45) is 1.67. The Kier molecular flexibility index (Phi) is 5.12. The van der Waals surface area contributed by atoms with E-state index < -0.39 is 0 Å². The van der Waals surface area contributed by atoms with Gasteiger partial charge < -0.3 is 33.4 Å². The number of fused-ring (bicyclic) bond motifs is 1. The Morgan fingerprint density at radius 1 is 1.33 bits per heavy atom. The molecule has 1 aromatic heterocycles. The van der Waals surface area contributed by atoms with Gasteiger partial charge in [0.05, 0.1) is 12.7 Å². The molecule has 1 unspecified atom stereocenters. The van der Waals surface area contributed by atoms with Gasteiger partial charge in [0.2, 0.25) is 12.7 Å². The van der Waals surface area contributed by atoms with Crippen LogP contribution in [0.15, 0.2) is 28.9 Å². The van der Waals surface area contributed by atoms with E-state index in [1.54, 1.807) is 23.1 Å². The van der Waals surface area contributed by atoms with Gasteiger partial charge in [0.25, 0.3) is 5.91 Å². The van der Waals surface area contributed by atoms with E-state index in [0.29, 0.717) is 49.3 Å². The van der Waals surface area contributed by atoms with E-state index >= 15 is 0 Å². The Balaban J connectivity index is 1.34. The van der Waals surface area contributed by atoms with E-state index in [-0.39, 0.29) is 37.7 Å². The molecule has 1 saturated heterocycles. The van der Waals surface area contributed by atoms with E-state index in [2.05, 4.69) is 4.98 Å². The number of ether oxygens (including phenoxy) is 4. The molecule has 1 aromatic carbocycles. The summed E-state index contributed by atoms with van der Waals surface area (Å²) in [5.74, 6) is 1.97. The molecule has 0 radical (unpaired) electrons. The van der Waals surface area contributed by atoms with Crippen LogP contribution >= 0.6 is 0 Å². The topological polar surface area (TPSA) is 103 Å². The summed E-state index contributed by atoms with van der Waals surface area (Å²) in [7, 11) is 0. The molecule has 2 aliphatic rings. The second kappa shape index (κ2) is 7.85.